The van der Waals surface area contributed by atoms with Crippen LogP contribution in [0.5, 0.6) is 17.2 Å². The average molecular weight is 531 g/mol. The van der Waals surface area contributed by atoms with Crippen molar-refractivity contribution in [1.82, 2.24) is 9.80 Å². The van der Waals surface area contributed by atoms with Crippen LogP contribution in [0.15, 0.2) is 72.8 Å². The van der Waals surface area contributed by atoms with Crippen molar-refractivity contribution in [3.05, 3.63) is 89.5 Å². The quantitative estimate of drug-likeness (QED) is 0.422. The van der Waals surface area contributed by atoms with Gasteiger partial charge in [-0.25, -0.2) is 0 Å². The Morgan fingerprint density at radius 1 is 1.03 bits per heavy atom. The summed E-state index contributed by atoms with van der Waals surface area (Å²) in [6.45, 7) is 3.16. The number of ether oxygens (including phenoxy) is 3. The van der Waals surface area contributed by atoms with E-state index in [1.807, 2.05) is 86.8 Å². The fraction of sp³-hybridized carbons (Fsp3) is 0.355. The molecule has 0 saturated carbocycles. The first-order valence-corrected chi connectivity index (χ1v) is 13.2. The molecule has 3 aromatic carbocycles. The smallest absolute Gasteiger partial charge is 0.309 e. The second kappa shape index (κ2) is 11.4. The highest BCUT2D eigenvalue weighted by Crippen LogP contribution is 2.51. The highest BCUT2D eigenvalue weighted by atomic mass is 16.7. The molecule has 204 valence electrons. The van der Waals surface area contributed by atoms with E-state index in [4.69, 9.17) is 14.2 Å². The number of hydrogen-bond donors (Lipinski definition) is 1. The highest BCUT2D eigenvalue weighted by Gasteiger charge is 2.51. The molecule has 2 aliphatic rings. The number of hydrogen-bond acceptors (Lipinski definition) is 6. The number of carboxylic acid groups (broad SMARTS) is 1. The third-order valence-corrected chi connectivity index (χ3v) is 7.72. The fourth-order valence-corrected chi connectivity index (χ4v) is 5.88. The second-order valence-corrected chi connectivity index (χ2v) is 10.1. The monoisotopic (exact) mass is 530 g/mol. The Bertz CT molecular complexity index is 1310. The molecule has 4 atom stereocenters. The van der Waals surface area contributed by atoms with E-state index < -0.39 is 24.0 Å². The zero-order chi connectivity index (χ0) is 27.5. The number of likely N-dealkylation sites (tertiary alicyclic amines) is 1. The first-order chi connectivity index (χ1) is 18.9. The Hall–Kier alpha value is -4.04. The van der Waals surface area contributed by atoms with E-state index in [9.17, 15) is 14.7 Å². The molecule has 0 aliphatic carbocycles. The molecule has 0 aromatic heterocycles. The summed E-state index contributed by atoms with van der Waals surface area (Å²) in [4.78, 5) is 30.9. The van der Waals surface area contributed by atoms with Crippen molar-refractivity contribution in [3.8, 4) is 17.2 Å². The minimum absolute atomic E-state index is 0.0583. The van der Waals surface area contributed by atoms with Gasteiger partial charge < -0.3 is 24.2 Å². The van der Waals surface area contributed by atoms with Gasteiger partial charge in [0.1, 0.15) is 11.8 Å². The number of likely N-dealkylation sites (N-methyl/N-ethyl adjacent to an activating group) is 1. The largest absolute Gasteiger partial charge is 0.497 e. The van der Waals surface area contributed by atoms with E-state index in [1.54, 1.807) is 12.0 Å². The van der Waals surface area contributed by atoms with Crippen LogP contribution < -0.4 is 14.2 Å². The lowest BCUT2D eigenvalue weighted by Gasteiger charge is -2.36. The molecule has 2 aliphatic heterocycles. The molecule has 1 unspecified atom stereocenters. The Labute approximate surface area is 228 Å². The first-order valence-electron chi connectivity index (χ1n) is 13.2. The molecule has 8 heteroatoms. The molecule has 5 rings (SSSR count). The number of amides is 1. The molecule has 0 radical (unpaired) electrons. The number of carboxylic acids is 1. The van der Waals surface area contributed by atoms with Crippen LogP contribution in [-0.2, 0) is 9.59 Å². The number of fused-ring (bicyclic) bond motifs is 1. The van der Waals surface area contributed by atoms with Crippen molar-refractivity contribution in [2.24, 2.45) is 5.92 Å². The van der Waals surface area contributed by atoms with Crippen LogP contribution in [0, 0.1) is 5.92 Å². The summed E-state index contributed by atoms with van der Waals surface area (Å²) in [6.07, 6.45) is 0.823. The molecule has 0 spiro atoms. The van der Waals surface area contributed by atoms with Crippen LogP contribution in [0.2, 0.25) is 0 Å². The third kappa shape index (κ3) is 5.16. The van der Waals surface area contributed by atoms with Gasteiger partial charge in [0.2, 0.25) is 12.7 Å². The number of benzene rings is 3. The maximum absolute atomic E-state index is 14.1. The minimum atomic E-state index is -0.915. The second-order valence-electron chi connectivity index (χ2n) is 10.1. The molecule has 1 fully saturated rings. The number of nitrogens with zero attached hydrogens (tertiary/aromatic N) is 2. The van der Waals surface area contributed by atoms with Gasteiger partial charge in [-0.15, -0.1) is 0 Å². The minimum Gasteiger partial charge on any atom is -0.497 e. The predicted molar refractivity (Wildman–Crippen MR) is 146 cm³/mol. The molecular formula is C31H34N2O6. The predicted octanol–water partition coefficient (Wildman–Crippen LogP) is 4.87. The average Bonchev–Trinajstić information content (AvgIpc) is 3.59. The molecule has 2 heterocycles. The van der Waals surface area contributed by atoms with E-state index in [1.165, 1.54) is 0 Å². The molecule has 1 N–H and O–H groups in total. The van der Waals surface area contributed by atoms with Crippen LogP contribution in [-0.4, -0.2) is 60.8 Å². The molecule has 3 aromatic rings. The lowest BCUT2D eigenvalue weighted by molar-refractivity contribution is -0.145. The van der Waals surface area contributed by atoms with Crippen LogP contribution in [0.4, 0.5) is 0 Å². The summed E-state index contributed by atoms with van der Waals surface area (Å²) < 4.78 is 16.5. The zero-order valence-electron chi connectivity index (χ0n) is 22.4. The first kappa shape index (κ1) is 26.6. The number of rotatable bonds is 9. The highest BCUT2D eigenvalue weighted by molar-refractivity contribution is 5.84. The number of carbonyl (C=O) groups is 2. The summed E-state index contributed by atoms with van der Waals surface area (Å²) in [5, 5.41) is 10.7. The van der Waals surface area contributed by atoms with Crippen molar-refractivity contribution < 1.29 is 28.9 Å². The maximum Gasteiger partial charge on any atom is 0.309 e. The van der Waals surface area contributed by atoms with Crippen molar-refractivity contribution in [2.75, 3.05) is 34.0 Å². The molecule has 8 nitrogen and oxygen atoms in total. The van der Waals surface area contributed by atoms with Gasteiger partial charge in [-0.05, 0) is 47.4 Å². The van der Waals surface area contributed by atoms with Crippen LogP contribution in [0.25, 0.3) is 0 Å². The normalized spacial score (nSPS) is 20.9. The van der Waals surface area contributed by atoms with Gasteiger partial charge in [-0.2, -0.15) is 0 Å². The van der Waals surface area contributed by atoms with Crippen LogP contribution in [0.3, 0.4) is 0 Å². The lowest BCUT2D eigenvalue weighted by Crippen LogP contribution is -2.42. The Morgan fingerprint density at radius 2 is 1.72 bits per heavy atom. The Morgan fingerprint density at radius 3 is 2.38 bits per heavy atom. The van der Waals surface area contributed by atoms with Crippen LogP contribution in [0.1, 0.15) is 48.0 Å². The number of aliphatic carboxylic acids is 1. The number of methoxy groups -OCH3 is 1. The summed E-state index contributed by atoms with van der Waals surface area (Å²) in [5.74, 6) is -0.242. The van der Waals surface area contributed by atoms with E-state index in [0.29, 0.717) is 30.3 Å². The summed E-state index contributed by atoms with van der Waals surface area (Å²) in [6, 6.07) is 21.5. The van der Waals surface area contributed by atoms with E-state index in [-0.39, 0.29) is 18.6 Å². The summed E-state index contributed by atoms with van der Waals surface area (Å²) in [7, 11) is 3.41. The van der Waals surface area contributed by atoms with Gasteiger partial charge in [0, 0.05) is 32.1 Å². The number of carbonyl (C=O) groups excluding carboxylic acids is 1. The lowest BCUT2D eigenvalue weighted by atomic mass is 9.82. The maximum atomic E-state index is 14.1. The topological polar surface area (TPSA) is 88.5 Å². The standard InChI is InChI=1S/C31H34N2O6/c1-4-16-32(2)30(34)29(20-8-6-5-7-9-20)33-18-24(22-12-15-25-26(17-22)39-19-38-25)27(31(35)36)28(33)21-10-13-23(37-3)14-11-21/h5-15,17,24,27-29H,4,16,18-19H2,1-3H3,(H,35,36)/t24-,27+,28-,29?/m1/s1. The summed E-state index contributed by atoms with van der Waals surface area (Å²) in [5.41, 5.74) is 2.49. The van der Waals surface area contributed by atoms with Crippen molar-refractivity contribution in [2.45, 2.75) is 31.3 Å². The van der Waals surface area contributed by atoms with Crippen LogP contribution >= 0.6 is 0 Å². The Balaban J connectivity index is 1.65. The van der Waals surface area contributed by atoms with Gasteiger partial charge in [0.15, 0.2) is 11.5 Å². The van der Waals surface area contributed by atoms with E-state index in [0.717, 1.165) is 23.1 Å². The van der Waals surface area contributed by atoms with Crippen molar-refractivity contribution in [1.29, 1.82) is 0 Å². The van der Waals surface area contributed by atoms with E-state index in [2.05, 4.69) is 4.90 Å². The van der Waals surface area contributed by atoms with Gasteiger partial charge in [-0.3, -0.25) is 14.5 Å². The van der Waals surface area contributed by atoms with E-state index >= 15 is 0 Å². The molecule has 39 heavy (non-hydrogen) atoms. The van der Waals surface area contributed by atoms with Gasteiger partial charge in [0.25, 0.3) is 0 Å². The van der Waals surface area contributed by atoms with Gasteiger partial charge in [-0.1, -0.05) is 55.5 Å². The molecular weight excluding hydrogens is 496 g/mol. The molecule has 1 saturated heterocycles. The summed E-state index contributed by atoms with van der Waals surface area (Å²) >= 11 is 0. The molecule has 0 bridgehead atoms. The van der Waals surface area contributed by atoms with Gasteiger partial charge in [0.05, 0.1) is 13.0 Å². The SMILES string of the molecule is CCCN(C)C(=O)C(c1ccccc1)N1C[C@H](c2ccc3c(c2)OCO3)[C@H](C(=O)O)[C@H]1c1ccc(OC)cc1. The van der Waals surface area contributed by atoms with Crippen molar-refractivity contribution >= 4 is 11.9 Å². The van der Waals surface area contributed by atoms with Crippen molar-refractivity contribution in [3.63, 3.8) is 0 Å². The Kier molecular flexibility index (Phi) is 7.74. The van der Waals surface area contributed by atoms with Gasteiger partial charge >= 0.3 is 5.97 Å². The third-order valence-electron chi connectivity index (χ3n) is 7.72. The molecule has 1 amide bonds. The fourth-order valence-electron chi connectivity index (χ4n) is 5.88. The zero-order valence-corrected chi connectivity index (χ0v) is 22.4.